The minimum atomic E-state index is -3.33. The minimum absolute atomic E-state index is 0.0580. The molecule has 0 saturated carbocycles. The van der Waals surface area contributed by atoms with Crippen LogP contribution in [0.3, 0.4) is 0 Å². The fourth-order valence-electron chi connectivity index (χ4n) is 3.48. The van der Waals surface area contributed by atoms with E-state index < -0.39 is 9.84 Å². The van der Waals surface area contributed by atoms with Crippen LogP contribution in [-0.2, 0) is 9.84 Å². The molecule has 0 aromatic heterocycles. The number of guanidine groups is 1. The normalized spacial score (nSPS) is 19.8. The van der Waals surface area contributed by atoms with Crippen LogP contribution >= 0.6 is 0 Å². The van der Waals surface area contributed by atoms with E-state index in [2.05, 4.69) is 22.5 Å². The zero-order chi connectivity index (χ0) is 19.7. The molecule has 27 heavy (non-hydrogen) atoms. The van der Waals surface area contributed by atoms with E-state index in [-0.39, 0.29) is 11.8 Å². The largest absolute Gasteiger partial charge is 0.357 e. The maximum absolute atomic E-state index is 12.7. The van der Waals surface area contributed by atoms with Crippen molar-refractivity contribution in [2.75, 3.05) is 31.9 Å². The zero-order valence-corrected chi connectivity index (χ0v) is 17.6. The van der Waals surface area contributed by atoms with Crippen LogP contribution in [0.1, 0.15) is 40.0 Å². The van der Waals surface area contributed by atoms with Crippen LogP contribution in [-0.4, -0.2) is 63.3 Å². The van der Waals surface area contributed by atoms with E-state index in [0.29, 0.717) is 23.3 Å². The van der Waals surface area contributed by atoms with Gasteiger partial charge >= 0.3 is 0 Å². The number of nitrogens with zero attached hydrogens (tertiary/aromatic N) is 2. The van der Waals surface area contributed by atoms with Crippen LogP contribution in [0.5, 0.6) is 0 Å². The maximum atomic E-state index is 12.7. The Labute approximate surface area is 164 Å². The number of sulfone groups is 1. The summed E-state index contributed by atoms with van der Waals surface area (Å²) >= 11 is 0. The van der Waals surface area contributed by atoms with E-state index in [4.69, 9.17) is 4.99 Å². The number of likely N-dealkylation sites (tertiary alicyclic amines) is 1. The zero-order valence-electron chi connectivity index (χ0n) is 16.8. The van der Waals surface area contributed by atoms with E-state index in [1.807, 2.05) is 19.9 Å². The smallest absolute Gasteiger partial charge is 0.191 e. The van der Waals surface area contributed by atoms with Crippen molar-refractivity contribution in [3.8, 4) is 0 Å². The van der Waals surface area contributed by atoms with Gasteiger partial charge in [0.05, 0.1) is 17.2 Å². The molecule has 1 heterocycles. The Balaban J connectivity index is 2.03. The first-order valence-corrected chi connectivity index (χ1v) is 11.7. The molecule has 1 aromatic rings. The van der Waals surface area contributed by atoms with Gasteiger partial charge in [0.2, 0.25) is 0 Å². The molecule has 152 valence electrons. The Morgan fingerprint density at radius 1 is 1.26 bits per heavy atom. The summed E-state index contributed by atoms with van der Waals surface area (Å²) in [5.41, 5.74) is 0. The van der Waals surface area contributed by atoms with Crippen molar-refractivity contribution >= 4 is 15.8 Å². The second-order valence-corrected chi connectivity index (χ2v) is 9.02. The highest BCUT2D eigenvalue weighted by molar-refractivity contribution is 7.91. The van der Waals surface area contributed by atoms with Crippen molar-refractivity contribution in [1.82, 2.24) is 15.5 Å². The fraction of sp³-hybridized carbons (Fsp3) is 0.650. The lowest BCUT2D eigenvalue weighted by atomic mass is 10.2. The molecule has 2 unspecified atom stereocenters. The molecule has 2 rings (SSSR count). The first kappa shape index (κ1) is 21.7. The van der Waals surface area contributed by atoms with Gasteiger partial charge in [-0.1, -0.05) is 32.0 Å². The maximum Gasteiger partial charge on any atom is 0.191 e. The summed E-state index contributed by atoms with van der Waals surface area (Å²) in [7, 11) is -3.33. The minimum Gasteiger partial charge on any atom is -0.357 e. The molecule has 0 spiro atoms. The van der Waals surface area contributed by atoms with Gasteiger partial charge in [0.15, 0.2) is 15.8 Å². The first-order valence-electron chi connectivity index (χ1n) is 10.1. The average molecular weight is 395 g/mol. The van der Waals surface area contributed by atoms with Crippen LogP contribution in [0.2, 0.25) is 0 Å². The average Bonchev–Trinajstić information content (AvgIpc) is 3.13. The number of hydrogen-bond donors (Lipinski definition) is 2. The Hall–Kier alpha value is -1.60. The van der Waals surface area contributed by atoms with Crippen molar-refractivity contribution in [1.29, 1.82) is 0 Å². The Morgan fingerprint density at radius 3 is 2.63 bits per heavy atom. The molecule has 0 radical (unpaired) electrons. The number of rotatable bonds is 9. The highest BCUT2D eigenvalue weighted by atomic mass is 32.2. The molecule has 1 aliphatic heterocycles. The SMILES string of the molecule is CCNC(=NCC1CCCN1CC)NC(CC)CS(=O)(=O)c1ccccc1. The third-order valence-corrected chi connectivity index (χ3v) is 6.90. The summed E-state index contributed by atoms with van der Waals surface area (Å²) in [5, 5.41) is 6.58. The summed E-state index contributed by atoms with van der Waals surface area (Å²) in [6.07, 6.45) is 3.11. The highest BCUT2D eigenvalue weighted by Crippen LogP contribution is 2.16. The summed E-state index contributed by atoms with van der Waals surface area (Å²) in [4.78, 5) is 7.58. The molecule has 7 heteroatoms. The second-order valence-electron chi connectivity index (χ2n) is 6.99. The van der Waals surface area contributed by atoms with Crippen LogP contribution in [0.25, 0.3) is 0 Å². The summed E-state index contributed by atoms with van der Waals surface area (Å²) in [6.45, 7) is 9.89. The monoisotopic (exact) mass is 394 g/mol. The van der Waals surface area contributed by atoms with Crippen molar-refractivity contribution in [3.05, 3.63) is 30.3 Å². The van der Waals surface area contributed by atoms with E-state index in [0.717, 1.165) is 26.2 Å². The van der Waals surface area contributed by atoms with Gasteiger partial charge in [-0.05, 0) is 51.4 Å². The van der Waals surface area contributed by atoms with Gasteiger partial charge in [0, 0.05) is 18.6 Å². The van der Waals surface area contributed by atoms with Crippen molar-refractivity contribution in [2.45, 2.75) is 57.0 Å². The Kier molecular flexibility index (Phi) is 8.57. The molecule has 0 aliphatic carbocycles. The number of hydrogen-bond acceptors (Lipinski definition) is 4. The third-order valence-electron chi connectivity index (χ3n) is 5.07. The van der Waals surface area contributed by atoms with Gasteiger partial charge in [-0.15, -0.1) is 0 Å². The lowest BCUT2D eigenvalue weighted by Crippen LogP contribution is -2.46. The van der Waals surface area contributed by atoms with Crippen LogP contribution in [0.4, 0.5) is 0 Å². The molecule has 1 saturated heterocycles. The molecule has 6 nitrogen and oxygen atoms in total. The topological polar surface area (TPSA) is 73.8 Å². The van der Waals surface area contributed by atoms with Crippen molar-refractivity contribution in [3.63, 3.8) is 0 Å². The van der Waals surface area contributed by atoms with Crippen LogP contribution < -0.4 is 10.6 Å². The Bertz CT molecular complexity index is 691. The van der Waals surface area contributed by atoms with Gasteiger partial charge in [0.25, 0.3) is 0 Å². The summed E-state index contributed by atoms with van der Waals surface area (Å²) < 4.78 is 25.4. The molecule has 0 bridgehead atoms. The Morgan fingerprint density at radius 2 is 2.00 bits per heavy atom. The second kappa shape index (κ2) is 10.7. The van der Waals surface area contributed by atoms with Crippen molar-refractivity contribution < 1.29 is 8.42 Å². The standard InChI is InChI=1S/C20H34N4O2S/c1-4-17(16-27(25,26)19-12-8-7-9-13-19)23-20(21-5-2)22-15-18-11-10-14-24(18)6-3/h7-9,12-13,17-18H,4-6,10-11,14-16H2,1-3H3,(H2,21,22,23). The number of nitrogens with one attached hydrogen (secondary N) is 2. The van der Waals surface area contributed by atoms with Gasteiger partial charge in [-0.3, -0.25) is 9.89 Å². The molecule has 1 aromatic carbocycles. The quantitative estimate of drug-likeness (QED) is 0.496. The molecule has 0 amide bonds. The third kappa shape index (κ3) is 6.50. The van der Waals surface area contributed by atoms with Gasteiger partial charge in [-0.25, -0.2) is 8.42 Å². The number of aliphatic imine (C=N–C) groups is 1. The van der Waals surface area contributed by atoms with Gasteiger partial charge in [0.1, 0.15) is 0 Å². The van der Waals surface area contributed by atoms with E-state index in [9.17, 15) is 8.42 Å². The predicted octanol–water partition coefficient (Wildman–Crippen LogP) is 2.28. The lowest BCUT2D eigenvalue weighted by Gasteiger charge is -2.23. The van der Waals surface area contributed by atoms with Gasteiger partial charge in [-0.2, -0.15) is 0 Å². The molecule has 2 atom stereocenters. The lowest BCUT2D eigenvalue weighted by molar-refractivity contribution is 0.273. The molecule has 1 aliphatic rings. The number of benzene rings is 1. The van der Waals surface area contributed by atoms with Gasteiger partial charge < -0.3 is 10.6 Å². The van der Waals surface area contributed by atoms with E-state index >= 15 is 0 Å². The molecule has 2 N–H and O–H groups in total. The predicted molar refractivity (Wildman–Crippen MR) is 112 cm³/mol. The number of likely N-dealkylation sites (N-methyl/N-ethyl adjacent to an activating group) is 1. The van der Waals surface area contributed by atoms with E-state index in [1.165, 1.54) is 12.8 Å². The van der Waals surface area contributed by atoms with Crippen LogP contribution in [0.15, 0.2) is 40.2 Å². The van der Waals surface area contributed by atoms with E-state index in [1.54, 1.807) is 24.3 Å². The van der Waals surface area contributed by atoms with Crippen LogP contribution in [0, 0.1) is 0 Å². The molecular formula is C20H34N4O2S. The summed E-state index contributed by atoms with van der Waals surface area (Å²) in [5.74, 6) is 0.762. The summed E-state index contributed by atoms with van der Waals surface area (Å²) in [6, 6.07) is 8.95. The first-order chi connectivity index (χ1) is 13.0. The highest BCUT2D eigenvalue weighted by Gasteiger charge is 2.24. The molecule has 1 fully saturated rings. The molecular weight excluding hydrogens is 360 g/mol. The fourth-order valence-corrected chi connectivity index (χ4v) is 5.09. The van der Waals surface area contributed by atoms with Crippen molar-refractivity contribution in [2.24, 2.45) is 4.99 Å².